The molecule has 0 bridgehead atoms. The molecule has 0 radical (unpaired) electrons. The van der Waals surface area contributed by atoms with Crippen molar-refractivity contribution in [2.24, 2.45) is 0 Å². The van der Waals surface area contributed by atoms with Crippen LogP contribution in [0.2, 0.25) is 0 Å². The van der Waals surface area contributed by atoms with Gasteiger partial charge in [-0.2, -0.15) is 0 Å². The minimum atomic E-state index is 0.776. The van der Waals surface area contributed by atoms with E-state index >= 15 is 0 Å². The van der Waals surface area contributed by atoms with Crippen molar-refractivity contribution in [1.82, 2.24) is 14.9 Å². The molecule has 1 aliphatic rings. The number of rotatable bonds is 3. The van der Waals surface area contributed by atoms with E-state index in [1.807, 2.05) is 30.5 Å². The van der Waals surface area contributed by atoms with Crippen LogP contribution in [0.4, 0.5) is 5.69 Å². The molecule has 118 valence electrons. The number of hydrogen-bond acceptors (Lipinski definition) is 4. The Kier molecular flexibility index (Phi) is 3.73. The number of fused-ring (bicyclic) bond motifs is 1. The number of aromatic amines is 1. The lowest BCUT2D eigenvalue weighted by atomic mass is 10.0. The quantitative estimate of drug-likeness (QED) is 0.730. The van der Waals surface area contributed by atoms with E-state index in [1.165, 1.54) is 11.3 Å². The van der Waals surface area contributed by atoms with Gasteiger partial charge in [-0.3, -0.25) is 4.90 Å². The van der Waals surface area contributed by atoms with Gasteiger partial charge in [0.05, 0.1) is 13.2 Å². The summed E-state index contributed by atoms with van der Waals surface area (Å²) in [6.07, 6.45) is 1.82. The topological polar surface area (TPSA) is 67.2 Å². The molecule has 0 spiro atoms. The molecular weight excluding hydrogens is 288 g/mol. The molecule has 0 saturated carbocycles. The molecule has 4 rings (SSSR count). The fourth-order valence-corrected chi connectivity index (χ4v) is 3.20. The maximum absolute atomic E-state index is 5.99. The second-order valence-corrected chi connectivity index (χ2v) is 5.89. The second kappa shape index (κ2) is 6.02. The zero-order valence-electron chi connectivity index (χ0n) is 13.0. The van der Waals surface area contributed by atoms with Crippen molar-refractivity contribution in [2.45, 2.75) is 6.54 Å². The Balaban J connectivity index is 1.81. The second-order valence-electron chi connectivity index (χ2n) is 5.89. The molecule has 0 aliphatic carbocycles. The first-order chi connectivity index (χ1) is 11.3. The van der Waals surface area contributed by atoms with Gasteiger partial charge < -0.3 is 15.5 Å². The molecule has 23 heavy (non-hydrogen) atoms. The molecule has 1 saturated heterocycles. The number of pyridine rings is 1. The van der Waals surface area contributed by atoms with Crippen LogP contribution in [0.15, 0.2) is 42.6 Å². The Hall–Kier alpha value is -2.37. The van der Waals surface area contributed by atoms with Crippen molar-refractivity contribution < 1.29 is 4.74 Å². The zero-order chi connectivity index (χ0) is 15.6. The van der Waals surface area contributed by atoms with E-state index in [2.05, 4.69) is 27.0 Å². The molecule has 3 N–H and O–H groups in total. The predicted octanol–water partition coefficient (Wildman–Crippen LogP) is 2.64. The van der Waals surface area contributed by atoms with E-state index in [0.717, 1.165) is 55.1 Å². The van der Waals surface area contributed by atoms with Gasteiger partial charge in [0.1, 0.15) is 5.65 Å². The number of nitrogens with zero attached hydrogens (tertiary/aromatic N) is 2. The van der Waals surface area contributed by atoms with Crippen molar-refractivity contribution in [1.29, 1.82) is 0 Å². The van der Waals surface area contributed by atoms with Crippen molar-refractivity contribution in [2.75, 3.05) is 32.0 Å². The van der Waals surface area contributed by atoms with Crippen LogP contribution in [-0.4, -0.2) is 41.2 Å². The van der Waals surface area contributed by atoms with Crippen LogP contribution in [0.3, 0.4) is 0 Å². The van der Waals surface area contributed by atoms with Crippen LogP contribution in [0.25, 0.3) is 22.2 Å². The number of hydrogen-bond donors (Lipinski definition) is 2. The lowest BCUT2D eigenvalue weighted by Crippen LogP contribution is -2.35. The Bertz CT molecular complexity index is 821. The van der Waals surface area contributed by atoms with Gasteiger partial charge in [0.25, 0.3) is 0 Å². The van der Waals surface area contributed by atoms with Crippen LogP contribution >= 0.6 is 0 Å². The van der Waals surface area contributed by atoms with Crippen LogP contribution in [0, 0.1) is 0 Å². The molecule has 5 heteroatoms. The summed E-state index contributed by atoms with van der Waals surface area (Å²) in [6.45, 7) is 4.38. The minimum Gasteiger partial charge on any atom is -0.399 e. The fraction of sp³-hybridized carbons (Fsp3) is 0.278. The highest BCUT2D eigenvalue weighted by Gasteiger charge is 2.18. The monoisotopic (exact) mass is 308 g/mol. The van der Waals surface area contributed by atoms with Crippen molar-refractivity contribution in [3.8, 4) is 11.1 Å². The van der Waals surface area contributed by atoms with Gasteiger partial charge in [-0.05, 0) is 29.8 Å². The standard InChI is InChI=1S/C18H20N4O/c19-14-4-1-3-13(11-14)17-15-5-2-6-20-18(15)21-16(17)12-22-7-9-23-10-8-22/h1-6,11H,7-10,12,19H2,(H,20,21). The fourth-order valence-electron chi connectivity index (χ4n) is 3.20. The Morgan fingerprint density at radius 2 is 2.04 bits per heavy atom. The molecule has 0 unspecified atom stereocenters. The van der Waals surface area contributed by atoms with Crippen molar-refractivity contribution >= 4 is 16.7 Å². The maximum atomic E-state index is 5.99. The minimum absolute atomic E-state index is 0.776. The van der Waals surface area contributed by atoms with E-state index in [0.29, 0.717) is 0 Å². The van der Waals surface area contributed by atoms with Crippen LogP contribution in [-0.2, 0) is 11.3 Å². The molecule has 3 heterocycles. The van der Waals surface area contributed by atoms with E-state index in [4.69, 9.17) is 10.5 Å². The number of nitrogens with one attached hydrogen (secondary N) is 1. The summed E-state index contributed by atoms with van der Waals surface area (Å²) in [5, 5.41) is 1.14. The van der Waals surface area contributed by atoms with E-state index in [-0.39, 0.29) is 0 Å². The third-order valence-corrected chi connectivity index (χ3v) is 4.31. The third-order valence-electron chi connectivity index (χ3n) is 4.31. The largest absolute Gasteiger partial charge is 0.399 e. The average Bonchev–Trinajstić information content (AvgIpc) is 2.93. The molecule has 0 amide bonds. The first-order valence-corrected chi connectivity index (χ1v) is 7.93. The highest BCUT2D eigenvalue weighted by Crippen LogP contribution is 2.33. The molecule has 0 atom stereocenters. The number of ether oxygens (including phenoxy) is 1. The van der Waals surface area contributed by atoms with E-state index in [9.17, 15) is 0 Å². The summed E-state index contributed by atoms with van der Waals surface area (Å²) < 4.78 is 5.45. The zero-order valence-corrected chi connectivity index (χ0v) is 13.0. The van der Waals surface area contributed by atoms with Gasteiger partial charge in [0.2, 0.25) is 0 Å². The SMILES string of the molecule is Nc1cccc(-c2c(CN3CCOCC3)[nH]c3ncccc23)c1. The summed E-state index contributed by atoms with van der Waals surface area (Å²) >= 11 is 0. The van der Waals surface area contributed by atoms with Crippen LogP contribution < -0.4 is 5.73 Å². The lowest BCUT2D eigenvalue weighted by Gasteiger charge is -2.26. The van der Waals surface area contributed by atoms with E-state index < -0.39 is 0 Å². The molecule has 1 aromatic carbocycles. The first-order valence-electron chi connectivity index (χ1n) is 7.93. The van der Waals surface area contributed by atoms with Gasteiger partial charge in [0, 0.05) is 48.2 Å². The number of benzene rings is 1. The normalized spacial score (nSPS) is 16.0. The Morgan fingerprint density at radius 1 is 1.17 bits per heavy atom. The number of H-pyrrole nitrogens is 1. The van der Waals surface area contributed by atoms with Gasteiger partial charge >= 0.3 is 0 Å². The maximum Gasteiger partial charge on any atom is 0.138 e. The summed E-state index contributed by atoms with van der Waals surface area (Å²) in [7, 11) is 0. The van der Waals surface area contributed by atoms with E-state index in [1.54, 1.807) is 0 Å². The van der Waals surface area contributed by atoms with Crippen LogP contribution in [0.5, 0.6) is 0 Å². The van der Waals surface area contributed by atoms with Gasteiger partial charge in [-0.25, -0.2) is 4.98 Å². The smallest absolute Gasteiger partial charge is 0.138 e. The van der Waals surface area contributed by atoms with Gasteiger partial charge in [-0.1, -0.05) is 12.1 Å². The van der Waals surface area contributed by atoms with Crippen molar-refractivity contribution in [3.05, 3.63) is 48.3 Å². The molecule has 1 aliphatic heterocycles. The number of morpholine rings is 1. The highest BCUT2D eigenvalue weighted by atomic mass is 16.5. The molecule has 1 fully saturated rings. The number of nitrogens with two attached hydrogens (primary N) is 1. The summed E-state index contributed by atoms with van der Waals surface area (Å²) in [5.74, 6) is 0. The lowest BCUT2D eigenvalue weighted by molar-refractivity contribution is 0.0338. The third kappa shape index (κ3) is 2.81. The van der Waals surface area contributed by atoms with Crippen molar-refractivity contribution in [3.63, 3.8) is 0 Å². The van der Waals surface area contributed by atoms with Crippen LogP contribution in [0.1, 0.15) is 5.69 Å². The molecular formula is C18H20N4O. The van der Waals surface area contributed by atoms with Gasteiger partial charge in [-0.15, -0.1) is 0 Å². The predicted molar refractivity (Wildman–Crippen MR) is 92.0 cm³/mol. The number of nitrogen functional groups attached to an aromatic ring is 1. The summed E-state index contributed by atoms with van der Waals surface area (Å²) in [4.78, 5) is 10.4. The summed E-state index contributed by atoms with van der Waals surface area (Å²) in [5.41, 5.74) is 11.2. The average molecular weight is 308 g/mol. The Labute approximate surface area is 135 Å². The molecule has 5 nitrogen and oxygen atoms in total. The first kappa shape index (κ1) is 14.2. The highest BCUT2D eigenvalue weighted by molar-refractivity contribution is 5.96. The number of aromatic nitrogens is 2. The Morgan fingerprint density at radius 3 is 2.87 bits per heavy atom. The van der Waals surface area contributed by atoms with Gasteiger partial charge in [0.15, 0.2) is 0 Å². The summed E-state index contributed by atoms with van der Waals surface area (Å²) in [6, 6.07) is 12.1. The number of anilines is 1. The molecule has 3 aromatic rings. The molecule has 2 aromatic heterocycles.